The summed E-state index contributed by atoms with van der Waals surface area (Å²) in [4.78, 5) is 49.7. The topological polar surface area (TPSA) is 147 Å². The predicted octanol–water partition coefficient (Wildman–Crippen LogP) is -0.300. The summed E-state index contributed by atoms with van der Waals surface area (Å²) >= 11 is 0. The van der Waals surface area contributed by atoms with Crippen LogP contribution in [0.4, 0.5) is 0 Å². The van der Waals surface area contributed by atoms with Gasteiger partial charge in [0.25, 0.3) is 11.1 Å². The van der Waals surface area contributed by atoms with E-state index in [2.05, 4.69) is 18.1 Å². The van der Waals surface area contributed by atoms with Gasteiger partial charge in [-0.25, -0.2) is 9.59 Å². The number of aromatic amines is 1. The highest BCUT2D eigenvalue weighted by Crippen LogP contribution is 2.11. The largest absolute Gasteiger partial charge is 0.505 e. The van der Waals surface area contributed by atoms with Crippen LogP contribution in [0.1, 0.15) is 0 Å². The van der Waals surface area contributed by atoms with Crippen molar-refractivity contribution in [2.45, 2.75) is 6.29 Å². The predicted molar refractivity (Wildman–Crippen MR) is 101 cm³/mol. The molecule has 2 aliphatic rings. The molecule has 0 amide bonds. The van der Waals surface area contributed by atoms with Gasteiger partial charge in [0, 0.05) is 28.0 Å². The van der Waals surface area contributed by atoms with Crippen molar-refractivity contribution in [3.8, 4) is 0 Å². The van der Waals surface area contributed by atoms with Crippen molar-refractivity contribution in [2.24, 2.45) is 0 Å². The first kappa shape index (κ1) is 19.5. The van der Waals surface area contributed by atoms with Gasteiger partial charge in [-0.15, -0.1) is 0 Å². The zero-order chi connectivity index (χ0) is 21.3. The molecule has 9 nitrogen and oxygen atoms in total. The molecule has 146 valence electrons. The van der Waals surface area contributed by atoms with E-state index in [0.29, 0.717) is 5.39 Å². The maximum atomic E-state index is 12.4. The third-order valence-electron chi connectivity index (χ3n) is 4.14. The van der Waals surface area contributed by atoms with Crippen molar-refractivity contribution < 1.29 is 24.2 Å². The Morgan fingerprint density at radius 3 is 2.28 bits per heavy atom. The van der Waals surface area contributed by atoms with Gasteiger partial charge in [0.05, 0.1) is 10.6 Å². The zero-order valence-electron chi connectivity index (χ0n) is 14.9. The van der Waals surface area contributed by atoms with E-state index in [4.69, 9.17) is 14.9 Å². The molecule has 9 heteroatoms. The summed E-state index contributed by atoms with van der Waals surface area (Å²) < 4.78 is 9.68. The van der Waals surface area contributed by atoms with Crippen molar-refractivity contribution in [3.63, 3.8) is 0 Å². The fourth-order valence-corrected chi connectivity index (χ4v) is 2.88. The van der Waals surface area contributed by atoms with Gasteiger partial charge in [0.15, 0.2) is 5.76 Å². The Morgan fingerprint density at radius 2 is 1.69 bits per heavy atom. The van der Waals surface area contributed by atoms with Crippen LogP contribution in [0.5, 0.6) is 0 Å². The van der Waals surface area contributed by atoms with E-state index >= 15 is 0 Å². The fraction of sp³-hybridized carbons (Fsp3) is 0.0500. The van der Waals surface area contributed by atoms with Crippen LogP contribution in [0.3, 0.4) is 0 Å². The number of aromatic nitrogens is 1. The molecular weight excluding hydrogens is 380 g/mol. The average Bonchev–Trinajstić information content (AvgIpc) is 2.70. The molecule has 1 aliphatic carbocycles. The molecule has 0 fully saturated rings. The van der Waals surface area contributed by atoms with E-state index in [1.165, 1.54) is 12.1 Å². The Morgan fingerprint density at radius 1 is 1.07 bits per heavy atom. The van der Waals surface area contributed by atoms with E-state index in [1.54, 1.807) is 12.1 Å². The van der Waals surface area contributed by atoms with E-state index in [9.17, 15) is 24.3 Å². The highest BCUT2D eigenvalue weighted by atomic mass is 16.7. The summed E-state index contributed by atoms with van der Waals surface area (Å²) in [5.41, 5.74) is -1.42. The van der Waals surface area contributed by atoms with Crippen LogP contribution in [0, 0.1) is 15.8 Å². The Balaban J connectivity index is 2.44. The Bertz CT molecular complexity index is 1430. The average molecular weight is 394 g/mol. The number of aliphatic hydroxyl groups excluding tert-OH is 1. The number of rotatable bonds is 5. The smallest absolute Gasteiger partial charge is 0.333 e. The van der Waals surface area contributed by atoms with E-state index in [-0.39, 0.29) is 21.0 Å². The van der Waals surface area contributed by atoms with Crippen LogP contribution >= 0.6 is 0 Å². The minimum Gasteiger partial charge on any atom is -0.505 e. The first-order valence-corrected chi connectivity index (χ1v) is 8.17. The molecular formula is C20H14N2O7. The van der Waals surface area contributed by atoms with Gasteiger partial charge in [-0.1, -0.05) is 25.3 Å². The molecule has 0 radical (unpaired) electrons. The Kier molecular flexibility index (Phi) is 4.97. The molecule has 1 heterocycles. The van der Waals surface area contributed by atoms with Gasteiger partial charge in [-0.3, -0.25) is 20.0 Å². The van der Waals surface area contributed by atoms with Crippen LogP contribution in [0.2, 0.25) is 0 Å². The lowest BCUT2D eigenvalue weighted by Gasteiger charge is -2.16. The molecule has 0 saturated carbocycles. The van der Waals surface area contributed by atoms with Crippen LogP contribution in [-0.4, -0.2) is 28.3 Å². The molecule has 3 rings (SSSR count). The summed E-state index contributed by atoms with van der Waals surface area (Å²) in [6.45, 7) is 6.43. The highest BCUT2D eigenvalue weighted by molar-refractivity contribution is 5.84. The second-order valence-electron chi connectivity index (χ2n) is 5.86. The minimum atomic E-state index is -1.91. The summed E-state index contributed by atoms with van der Waals surface area (Å²) in [6.07, 6.45) is -0.325. The summed E-state index contributed by atoms with van der Waals surface area (Å²) in [5, 5.41) is 19.0. The second kappa shape index (κ2) is 7.39. The first-order valence-electron chi connectivity index (χ1n) is 8.17. The van der Waals surface area contributed by atoms with Crippen molar-refractivity contribution in [1.82, 2.24) is 4.98 Å². The zero-order valence-corrected chi connectivity index (χ0v) is 14.9. The van der Waals surface area contributed by atoms with E-state index in [1.807, 2.05) is 0 Å². The lowest BCUT2D eigenvalue weighted by molar-refractivity contribution is -0.173. The maximum absolute atomic E-state index is 12.4. The van der Waals surface area contributed by atoms with Gasteiger partial charge in [-0.05, 0) is 17.5 Å². The second-order valence-corrected chi connectivity index (χ2v) is 5.86. The van der Waals surface area contributed by atoms with Gasteiger partial charge >= 0.3 is 18.2 Å². The van der Waals surface area contributed by atoms with E-state index in [0.717, 1.165) is 12.2 Å². The van der Waals surface area contributed by atoms with Crippen LogP contribution < -0.4 is 21.7 Å². The molecule has 0 atom stereocenters. The van der Waals surface area contributed by atoms with Crippen molar-refractivity contribution >= 4 is 28.5 Å². The van der Waals surface area contributed by atoms with Gasteiger partial charge < -0.3 is 14.6 Å². The quantitative estimate of drug-likeness (QED) is 0.306. The Labute approximate surface area is 161 Å². The van der Waals surface area contributed by atoms with Gasteiger partial charge in [0.2, 0.25) is 0 Å². The number of nitrogens with one attached hydrogen (secondary N) is 2. The summed E-state index contributed by atoms with van der Waals surface area (Å²) in [5.74, 6) is -2.80. The van der Waals surface area contributed by atoms with Crippen LogP contribution in [0.25, 0.3) is 16.5 Å². The molecule has 0 bridgehead atoms. The lowest BCUT2D eigenvalue weighted by Crippen LogP contribution is -2.38. The maximum Gasteiger partial charge on any atom is 0.333 e. The van der Waals surface area contributed by atoms with Crippen molar-refractivity contribution in [2.75, 3.05) is 0 Å². The lowest BCUT2D eigenvalue weighted by atomic mass is 10.0. The van der Waals surface area contributed by atoms with Crippen LogP contribution in [-0.2, 0) is 19.1 Å². The number of carbonyl (C=O) groups is 2. The molecule has 1 aliphatic heterocycles. The SMILES string of the molecule is C=CC(=O)OC(OC(=O)C=C)C(O)=c1cc2cccc3c(=O)[nH]c(=O)c(c1=N)=c23. The standard InChI is InChI=1S/C20H14N2O7/c1-3-12(23)28-20(29-13(24)4-2)17(25)11-8-9-6-5-7-10-14(9)15(16(11)21)19(27)22-18(10)26/h3-8,20-21,25H,1-2H2,(H,22,26,27). The number of carbonyl (C=O) groups excluding carboxylic acids is 2. The van der Waals surface area contributed by atoms with Gasteiger partial charge in [0.1, 0.15) is 0 Å². The first-order chi connectivity index (χ1) is 13.8. The molecule has 29 heavy (non-hydrogen) atoms. The minimum absolute atomic E-state index is 0.150. The number of hydrogen-bond acceptors (Lipinski definition) is 8. The van der Waals surface area contributed by atoms with Crippen molar-refractivity contribution in [3.05, 3.63) is 91.3 Å². The number of benzene rings is 1. The number of ether oxygens (including phenoxy) is 2. The van der Waals surface area contributed by atoms with E-state index < -0.39 is 40.5 Å². The summed E-state index contributed by atoms with van der Waals surface area (Å²) in [7, 11) is 0. The number of esters is 2. The van der Waals surface area contributed by atoms with Gasteiger partial charge in [-0.2, -0.15) is 0 Å². The van der Waals surface area contributed by atoms with Crippen molar-refractivity contribution in [1.29, 1.82) is 5.41 Å². The summed E-state index contributed by atoms with van der Waals surface area (Å²) in [6, 6.07) is 5.96. The van der Waals surface area contributed by atoms with Crippen LogP contribution in [0.15, 0.2) is 59.2 Å². The molecule has 1 aromatic rings. The monoisotopic (exact) mass is 394 g/mol. The fourth-order valence-electron chi connectivity index (χ4n) is 2.88. The molecule has 0 spiro atoms. The highest BCUT2D eigenvalue weighted by Gasteiger charge is 2.23. The number of hydrogen-bond donors (Lipinski definition) is 3. The number of aliphatic hydroxyl groups is 1. The molecule has 3 N–H and O–H groups in total. The normalized spacial score (nSPS) is 12.0. The molecule has 1 aromatic carbocycles. The third kappa shape index (κ3) is 3.36. The third-order valence-corrected chi connectivity index (χ3v) is 4.14. The molecule has 0 saturated heterocycles. The molecule has 0 aromatic heterocycles. The Hall–Kier alpha value is -4.27. The number of H-pyrrole nitrogens is 1. The molecule has 0 unspecified atom stereocenters.